The SMILES string of the molecule is N#Cc1cc(Br)c(=O)[nH]c1-c1ccccc1. The Balaban J connectivity index is 2.71. The summed E-state index contributed by atoms with van der Waals surface area (Å²) in [4.78, 5) is 14.2. The zero-order valence-electron chi connectivity index (χ0n) is 8.20. The van der Waals surface area contributed by atoms with E-state index in [9.17, 15) is 4.79 Å². The van der Waals surface area contributed by atoms with Gasteiger partial charge in [-0.25, -0.2) is 0 Å². The minimum atomic E-state index is -0.238. The number of nitrogens with one attached hydrogen (secondary N) is 1. The second kappa shape index (κ2) is 4.33. The molecule has 16 heavy (non-hydrogen) atoms. The predicted molar refractivity (Wildman–Crippen MR) is 64.9 cm³/mol. The van der Waals surface area contributed by atoms with Gasteiger partial charge in [-0.05, 0) is 27.6 Å². The second-order valence-electron chi connectivity index (χ2n) is 3.21. The van der Waals surface area contributed by atoms with E-state index in [1.54, 1.807) is 0 Å². The Morgan fingerprint density at radius 3 is 2.56 bits per heavy atom. The van der Waals surface area contributed by atoms with Crippen LogP contribution in [0.1, 0.15) is 5.56 Å². The van der Waals surface area contributed by atoms with Gasteiger partial charge in [0.05, 0.1) is 15.7 Å². The Kier molecular flexibility index (Phi) is 2.88. The van der Waals surface area contributed by atoms with Crippen molar-refractivity contribution in [2.45, 2.75) is 0 Å². The molecule has 1 aromatic heterocycles. The van der Waals surface area contributed by atoms with Crippen LogP contribution >= 0.6 is 15.9 Å². The number of halogens is 1. The predicted octanol–water partition coefficient (Wildman–Crippen LogP) is 2.68. The Morgan fingerprint density at radius 1 is 1.25 bits per heavy atom. The van der Waals surface area contributed by atoms with Crippen LogP contribution in [0.25, 0.3) is 11.3 Å². The molecule has 0 saturated carbocycles. The molecule has 1 heterocycles. The fraction of sp³-hybridized carbons (Fsp3) is 0. The summed E-state index contributed by atoms with van der Waals surface area (Å²) in [6, 6.07) is 12.9. The van der Waals surface area contributed by atoms with Crippen LogP contribution in [-0.2, 0) is 0 Å². The van der Waals surface area contributed by atoms with Crippen molar-refractivity contribution in [3.8, 4) is 17.3 Å². The zero-order chi connectivity index (χ0) is 11.5. The van der Waals surface area contributed by atoms with E-state index in [0.717, 1.165) is 5.56 Å². The highest BCUT2D eigenvalue weighted by Gasteiger charge is 2.08. The Labute approximate surface area is 100 Å². The van der Waals surface area contributed by atoms with Crippen LogP contribution in [0.2, 0.25) is 0 Å². The molecule has 1 aromatic carbocycles. The van der Waals surface area contributed by atoms with Gasteiger partial charge in [-0.15, -0.1) is 0 Å². The van der Waals surface area contributed by atoms with E-state index in [2.05, 4.69) is 27.0 Å². The molecule has 3 nitrogen and oxygen atoms in total. The average Bonchev–Trinajstić information content (AvgIpc) is 2.33. The van der Waals surface area contributed by atoms with Gasteiger partial charge in [-0.2, -0.15) is 5.26 Å². The van der Waals surface area contributed by atoms with E-state index >= 15 is 0 Å². The number of hydrogen-bond acceptors (Lipinski definition) is 2. The minimum Gasteiger partial charge on any atom is -0.320 e. The monoisotopic (exact) mass is 274 g/mol. The molecule has 78 valence electrons. The number of pyridine rings is 1. The first-order valence-corrected chi connectivity index (χ1v) is 5.40. The van der Waals surface area contributed by atoms with Gasteiger partial charge in [0.1, 0.15) is 6.07 Å². The minimum absolute atomic E-state index is 0.238. The summed E-state index contributed by atoms with van der Waals surface area (Å²) in [5.41, 5.74) is 1.58. The smallest absolute Gasteiger partial charge is 0.262 e. The summed E-state index contributed by atoms with van der Waals surface area (Å²) in [5, 5.41) is 9.00. The van der Waals surface area contributed by atoms with Crippen molar-refractivity contribution < 1.29 is 0 Å². The van der Waals surface area contributed by atoms with Gasteiger partial charge in [0, 0.05) is 0 Å². The normalized spacial score (nSPS) is 9.75. The first-order chi connectivity index (χ1) is 7.72. The molecule has 0 unspecified atom stereocenters. The van der Waals surface area contributed by atoms with E-state index in [-0.39, 0.29) is 5.56 Å². The van der Waals surface area contributed by atoms with Crippen LogP contribution in [0.4, 0.5) is 0 Å². The molecule has 0 fully saturated rings. The van der Waals surface area contributed by atoms with Gasteiger partial charge in [0.2, 0.25) is 0 Å². The summed E-state index contributed by atoms with van der Waals surface area (Å²) >= 11 is 3.10. The fourth-order valence-corrected chi connectivity index (χ4v) is 1.75. The van der Waals surface area contributed by atoms with E-state index < -0.39 is 0 Å². The molecule has 0 aliphatic carbocycles. The molecule has 0 atom stereocenters. The van der Waals surface area contributed by atoms with Gasteiger partial charge < -0.3 is 4.98 Å². The first-order valence-electron chi connectivity index (χ1n) is 4.60. The Hall–Kier alpha value is -1.86. The first kappa shape index (κ1) is 10.7. The van der Waals surface area contributed by atoms with Gasteiger partial charge in [0.25, 0.3) is 5.56 Å². The maximum atomic E-state index is 11.5. The molecule has 2 rings (SSSR count). The van der Waals surface area contributed by atoms with E-state index in [1.165, 1.54) is 6.07 Å². The molecule has 1 N–H and O–H groups in total. The van der Waals surface area contributed by atoms with Crippen LogP contribution < -0.4 is 5.56 Å². The summed E-state index contributed by atoms with van der Waals surface area (Å²) in [6.07, 6.45) is 0. The van der Waals surface area contributed by atoms with Crippen molar-refractivity contribution >= 4 is 15.9 Å². The molecular formula is C12H7BrN2O. The van der Waals surface area contributed by atoms with Crippen molar-refractivity contribution in [2.75, 3.05) is 0 Å². The van der Waals surface area contributed by atoms with E-state index in [4.69, 9.17) is 5.26 Å². The lowest BCUT2D eigenvalue weighted by Crippen LogP contribution is -2.09. The molecule has 2 aromatic rings. The van der Waals surface area contributed by atoms with Gasteiger partial charge in [-0.1, -0.05) is 30.3 Å². The van der Waals surface area contributed by atoms with Crippen LogP contribution in [0.15, 0.2) is 45.7 Å². The third-order valence-electron chi connectivity index (χ3n) is 2.18. The molecule has 0 radical (unpaired) electrons. The zero-order valence-corrected chi connectivity index (χ0v) is 9.78. The van der Waals surface area contributed by atoms with Gasteiger partial charge >= 0.3 is 0 Å². The number of nitrogens with zero attached hydrogens (tertiary/aromatic N) is 1. The highest BCUT2D eigenvalue weighted by molar-refractivity contribution is 9.10. The number of H-pyrrole nitrogens is 1. The van der Waals surface area contributed by atoms with Crippen molar-refractivity contribution in [1.29, 1.82) is 5.26 Å². The maximum Gasteiger partial charge on any atom is 0.262 e. The number of aromatic nitrogens is 1. The lowest BCUT2D eigenvalue weighted by molar-refractivity contribution is 1.20. The van der Waals surface area contributed by atoms with Crippen LogP contribution in [0.5, 0.6) is 0 Å². The lowest BCUT2D eigenvalue weighted by Gasteiger charge is -2.03. The molecule has 0 saturated heterocycles. The molecular weight excluding hydrogens is 268 g/mol. The molecule has 0 aliphatic rings. The molecule has 4 heteroatoms. The second-order valence-corrected chi connectivity index (χ2v) is 4.07. The maximum absolute atomic E-state index is 11.5. The molecule has 0 bridgehead atoms. The van der Waals surface area contributed by atoms with Gasteiger partial charge in [-0.3, -0.25) is 4.79 Å². The average molecular weight is 275 g/mol. The third kappa shape index (κ3) is 1.90. The van der Waals surface area contributed by atoms with Crippen LogP contribution in [0, 0.1) is 11.3 Å². The van der Waals surface area contributed by atoms with E-state index in [1.807, 2.05) is 30.3 Å². The molecule has 0 amide bonds. The highest BCUT2D eigenvalue weighted by Crippen LogP contribution is 2.20. The van der Waals surface area contributed by atoms with Crippen molar-refractivity contribution in [3.63, 3.8) is 0 Å². The van der Waals surface area contributed by atoms with Gasteiger partial charge in [0.15, 0.2) is 0 Å². The third-order valence-corrected chi connectivity index (χ3v) is 2.77. The number of rotatable bonds is 1. The highest BCUT2D eigenvalue weighted by atomic mass is 79.9. The van der Waals surface area contributed by atoms with Crippen LogP contribution in [0.3, 0.4) is 0 Å². The fourth-order valence-electron chi connectivity index (χ4n) is 1.43. The number of aromatic amines is 1. The summed E-state index contributed by atoms with van der Waals surface area (Å²) in [6.45, 7) is 0. The largest absolute Gasteiger partial charge is 0.320 e. The standard InChI is InChI=1S/C12H7BrN2O/c13-10-6-9(7-14)11(15-12(10)16)8-4-2-1-3-5-8/h1-6H,(H,15,16). The summed E-state index contributed by atoms with van der Waals surface area (Å²) in [7, 11) is 0. The van der Waals surface area contributed by atoms with Crippen LogP contribution in [-0.4, -0.2) is 4.98 Å². The van der Waals surface area contributed by atoms with E-state index in [0.29, 0.717) is 15.7 Å². The van der Waals surface area contributed by atoms with Crippen molar-refractivity contribution in [2.24, 2.45) is 0 Å². The Bertz CT molecular complexity index is 611. The molecule has 0 spiro atoms. The topological polar surface area (TPSA) is 56.6 Å². The van der Waals surface area contributed by atoms with Crippen molar-refractivity contribution in [3.05, 3.63) is 56.8 Å². The Morgan fingerprint density at radius 2 is 1.94 bits per heavy atom. The summed E-state index contributed by atoms with van der Waals surface area (Å²) < 4.78 is 0.365. The molecule has 0 aliphatic heterocycles. The number of nitriles is 1. The number of hydrogen-bond donors (Lipinski definition) is 1. The van der Waals surface area contributed by atoms with Crippen molar-refractivity contribution in [1.82, 2.24) is 4.98 Å². The lowest BCUT2D eigenvalue weighted by atomic mass is 10.1. The quantitative estimate of drug-likeness (QED) is 0.869. The number of benzene rings is 1. The summed E-state index contributed by atoms with van der Waals surface area (Å²) in [5.74, 6) is 0.